The van der Waals surface area contributed by atoms with Crippen LogP contribution in [-0.2, 0) is 0 Å². The SMILES string of the molecule is CCC(C)C1CCN(CCCN(C)CC(C)C)CC1. The molecule has 0 aromatic heterocycles. The smallest absolute Gasteiger partial charge is 0.000134 e. The summed E-state index contributed by atoms with van der Waals surface area (Å²) in [7, 11) is 2.26. The number of piperidine rings is 1. The van der Waals surface area contributed by atoms with Crippen LogP contribution in [-0.4, -0.2) is 49.6 Å². The molecule has 0 aromatic rings. The van der Waals surface area contributed by atoms with E-state index in [1.165, 1.54) is 58.4 Å². The average molecular weight is 268 g/mol. The molecule has 1 atom stereocenters. The van der Waals surface area contributed by atoms with E-state index >= 15 is 0 Å². The fourth-order valence-electron chi connectivity index (χ4n) is 3.36. The molecular formula is C17H36N2. The highest BCUT2D eigenvalue weighted by Crippen LogP contribution is 2.26. The lowest BCUT2D eigenvalue weighted by atomic mass is 9.84. The molecule has 0 bridgehead atoms. The predicted octanol–water partition coefficient (Wildman–Crippen LogP) is 3.72. The standard InChI is InChI=1S/C17H36N2/c1-6-16(4)17-8-12-19(13-9-17)11-7-10-18(5)14-15(2)3/h15-17H,6-14H2,1-5H3. The number of hydrogen-bond acceptors (Lipinski definition) is 2. The summed E-state index contributed by atoms with van der Waals surface area (Å²) in [6.45, 7) is 15.8. The van der Waals surface area contributed by atoms with E-state index in [2.05, 4.69) is 44.5 Å². The Morgan fingerprint density at radius 2 is 1.79 bits per heavy atom. The fraction of sp³-hybridized carbons (Fsp3) is 1.00. The zero-order valence-corrected chi connectivity index (χ0v) is 14.0. The van der Waals surface area contributed by atoms with Gasteiger partial charge in [0.1, 0.15) is 0 Å². The Bertz CT molecular complexity index is 219. The average Bonchev–Trinajstić information content (AvgIpc) is 2.37. The van der Waals surface area contributed by atoms with Crippen molar-refractivity contribution in [2.24, 2.45) is 17.8 Å². The lowest BCUT2D eigenvalue weighted by Crippen LogP contribution is -2.37. The van der Waals surface area contributed by atoms with Crippen molar-refractivity contribution >= 4 is 0 Å². The van der Waals surface area contributed by atoms with E-state index in [-0.39, 0.29) is 0 Å². The van der Waals surface area contributed by atoms with Gasteiger partial charge < -0.3 is 9.80 Å². The van der Waals surface area contributed by atoms with E-state index < -0.39 is 0 Å². The first-order valence-electron chi connectivity index (χ1n) is 8.43. The van der Waals surface area contributed by atoms with Gasteiger partial charge in [-0.2, -0.15) is 0 Å². The van der Waals surface area contributed by atoms with Gasteiger partial charge in [-0.1, -0.05) is 34.1 Å². The molecule has 1 unspecified atom stereocenters. The van der Waals surface area contributed by atoms with Crippen molar-refractivity contribution in [2.45, 2.75) is 53.4 Å². The van der Waals surface area contributed by atoms with Gasteiger partial charge in [0.05, 0.1) is 0 Å². The van der Waals surface area contributed by atoms with Crippen molar-refractivity contribution in [1.29, 1.82) is 0 Å². The Balaban J connectivity index is 2.09. The van der Waals surface area contributed by atoms with Gasteiger partial charge in [-0.3, -0.25) is 0 Å². The molecule has 0 amide bonds. The summed E-state index contributed by atoms with van der Waals surface area (Å²) >= 11 is 0. The molecular weight excluding hydrogens is 232 g/mol. The third-order valence-electron chi connectivity index (χ3n) is 4.77. The lowest BCUT2D eigenvalue weighted by Gasteiger charge is -2.35. The highest BCUT2D eigenvalue weighted by molar-refractivity contribution is 4.75. The molecule has 0 aliphatic carbocycles. The molecule has 1 heterocycles. The van der Waals surface area contributed by atoms with E-state index in [9.17, 15) is 0 Å². The maximum absolute atomic E-state index is 2.68. The molecule has 2 heteroatoms. The Hall–Kier alpha value is -0.0800. The molecule has 1 aliphatic heterocycles. The largest absolute Gasteiger partial charge is 0.306 e. The van der Waals surface area contributed by atoms with Crippen LogP contribution in [0.25, 0.3) is 0 Å². The van der Waals surface area contributed by atoms with Gasteiger partial charge in [0.2, 0.25) is 0 Å². The van der Waals surface area contributed by atoms with Crippen LogP contribution in [0.15, 0.2) is 0 Å². The van der Waals surface area contributed by atoms with Gasteiger partial charge in [-0.15, -0.1) is 0 Å². The molecule has 114 valence electrons. The minimum atomic E-state index is 0.788. The summed E-state index contributed by atoms with van der Waals surface area (Å²) in [4.78, 5) is 5.17. The second-order valence-electron chi connectivity index (χ2n) is 7.07. The Labute approximate surface area is 121 Å². The van der Waals surface area contributed by atoms with Crippen molar-refractivity contribution in [3.8, 4) is 0 Å². The maximum Gasteiger partial charge on any atom is 0.000134 e. The summed E-state index contributed by atoms with van der Waals surface area (Å²) in [5.41, 5.74) is 0. The van der Waals surface area contributed by atoms with Crippen molar-refractivity contribution in [2.75, 3.05) is 39.8 Å². The Morgan fingerprint density at radius 3 is 2.32 bits per heavy atom. The molecule has 0 aromatic carbocycles. The molecule has 0 radical (unpaired) electrons. The number of likely N-dealkylation sites (tertiary alicyclic amines) is 1. The van der Waals surface area contributed by atoms with E-state index in [0.717, 1.165) is 17.8 Å². The zero-order valence-electron chi connectivity index (χ0n) is 14.0. The van der Waals surface area contributed by atoms with Gasteiger partial charge in [0.25, 0.3) is 0 Å². The van der Waals surface area contributed by atoms with Crippen LogP contribution in [0.3, 0.4) is 0 Å². The Morgan fingerprint density at radius 1 is 1.16 bits per heavy atom. The summed E-state index contributed by atoms with van der Waals surface area (Å²) in [6.07, 6.45) is 5.54. The van der Waals surface area contributed by atoms with Gasteiger partial charge in [-0.05, 0) is 70.2 Å². The molecule has 1 fully saturated rings. The Kier molecular flexibility index (Phi) is 8.01. The van der Waals surface area contributed by atoms with Crippen molar-refractivity contribution in [1.82, 2.24) is 9.80 Å². The van der Waals surface area contributed by atoms with Crippen molar-refractivity contribution in [3.05, 3.63) is 0 Å². The minimum Gasteiger partial charge on any atom is -0.306 e. The van der Waals surface area contributed by atoms with Crippen LogP contribution in [0.4, 0.5) is 0 Å². The summed E-state index contributed by atoms with van der Waals surface area (Å²) < 4.78 is 0. The van der Waals surface area contributed by atoms with Gasteiger partial charge in [0.15, 0.2) is 0 Å². The summed E-state index contributed by atoms with van der Waals surface area (Å²) in [5, 5.41) is 0. The first kappa shape index (κ1) is 17.0. The van der Waals surface area contributed by atoms with Crippen LogP contribution < -0.4 is 0 Å². The monoisotopic (exact) mass is 268 g/mol. The third-order valence-corrected chi connectivity index (χ3v) is 4.77. The first-order valence-corrected chi connectivity index (χ1v) is 8.43. The van der Waals surface area contributed by atoms with Gasteiger partial charge >= 0.3 is 0 Å². The molecule has 0 saturated carbocycles. The number of hydrogen-bond donors (Lipinski definition) is 0. The number of nitrogens with zero attached hydrogens (tertiary/aromatic N) is 2. The molecule has 0 spiro atoms. The zero-order chi connectivity index (χ0) is 14.3. The van der Waals surface area contributed by atoms with Crippen LogP contribution in [0.1, 0.15) is 53.4 Å². The van der Waals surface area contributed by atoms with Crippen molar-refractivity contribution in [3.63, 3.8) is 0 Å². The minimum absolute atomic E-state index is 0.788. The molecule has 1 aliphatic rings. The van der Waals surface area contributed by atoms with Crippen LogP contribution in [0.2, 0.25) is 0 Å². The second kappa shape index (κ2) is 8.97. The quantitative estimate of drug-likeness (QED) is 0.662. The topological polar surface area (TPSA) is 6.48 Å². The van der Waals surface area contributed by atoms with Gasteiger partial charge in [-0.25, -0.2) is 0 Å². The highest BCUT2D eigenvalue weighted by Gasteiger charge is 2.22. The normalized spacial score (nSPS) is 20.4. The van der Waals surface area contributed by atoms with E-state index in [4.69, 9.17) is 0 Å². The summed E-state index contributed by atoms with van der Waals surface area (Å²) in [6, 6.07) is 0. The molecule has 0 N–H and O–H groups in total. The fourth-order valence-corrected chi connectivity index (χ4v) is 3.36. The van der Waals surface area contributed by atoms with Crippen LogP contribution >= 0.6 is 0 Å². The molecule has 1 saturated heterocycles. The summed E-state index contributed by atoms with van der Waals surface area (Å²) in [5.74, 6) is 2.71. The van der Waals surface area contributed by atoms with Crippen molar-refractivity contribution < 1.29 is 0 Å². The molecule has 19 heavy (non-hydrogen) atoms. The van der Waals surface area contributed by atoms with Gasteiger partial charge in [0, 0.05) is 6.54 Å². The molecule has 2 nitrogen and oxygen atoms in total. The first-order chi connectivity index (χ1) is 9.02. The molecule has 1 rings (SSSR count). The predicted molar refractivity (Wildman–Crippen MR) is 85.6 cm³/mol. The lowest BCUT2D eigenvalue weighted by molar-refractivity contribution is 0.144. The third kappa shape index (κ3) is 6.76. The van der Waals surface area contributed by atoms with E-state index in [1.807, 2.05) is 0 Å². The van der Waals surface area contributed by atoms with Crippen LogP contribution in [0.5, 0.6) is 0 Å². The maximum atomic E-state index is 2.68. The van der Waals surface area contributed by atoms with E-state index in [0.29, 0.717) is 0 Å². The van der Waals surface area contributed by atoms with Crippen LogP contribution in [0, 0.1) is 17.8 Å². The second-order valence-corrected chi connectivity index (χ2v) is 7.07. The highest BCUT2D eigenvalue weighted by atomic mass is 15.1. The van der Waals surface area contributed by atoms with E-state index in [1.54, 1.807) is 0 Å². The number of rotatable bonds is 8.